The summed E-state index contributed by atoms with van der Waals surface area (Å²) in [7, 11) is 0. The molecule has 0 amide bonds. The van der Waals surface area contributed by atoms with E-state index in [0.29, 0.717) is 0 Å². The number of nitrogens with zero attached hydrogens (tertiary/aromatic N) is 1. The molecule has 0 spiro atoms. The van der Waals surface area contributed by atoms with E-state index in [9.17, 15) is 0 Å². The number of morpholine rings is 1. The van der Waals surface area contributed by atoms with Gasteiger partial charge in [0.1, 0.15) is 0 Å². The Labute approximate surface area is 155 Å². The molecule has 0 unspecified atom stereocenters. The second-order valence-electron chi connectivity index (χ2n) is 4.73. The van der Waals surface area contributed by atoms with Gasteiger partial charge in [0.15, 0.2) is 0 Å². The molecule has 1 saturated heterocycles. The Balaban J connectivity index is -0.000000411. The predicted octanol–water partition coefficient (Wildman–Crippen LogP) is 3.77. The maximum Gasteiger partial charge on any atom is 0.0642 e. The van der Waals surface area contributed by atoms with Crippen LogP contribution in [-0.4, -0.2) is 49.7 Å². The van der Waals surface area contributed by atoms with E-state index in [4.69, 9.17) is 20.7 Å². The van der Waals surface area contributed by atoms with Crippen molar-refractivity contribution in [1.82, 2.24) is 0 Å². The van der Waals surface area contributed by atoms with Gasteiger partial charge in [-0.2, -0.15) is 0 Å². The highest BCUT2D eigenvalue weighted by atomic mass is 16.5. The Bertz CT molecular complexity index is 391. The highest BCUT2D eigenvalue weighted by Crippen LogP contribution is 2.26. The van der Waals surface area contributed by atoms with Gasteiger partial charge in [0, 0.05) is 37.7 Å². The van der Waals surface area contributed by atoms with Gasteiger partial charge >= 0.3 is 0 Å². The summed E-state index contributed by atoms with van der Waals surface area (Å²) < 4.78 is 5.35. The zero-order valence-electron chi connectivity index (χ0n) is 17.7. The summed E-state index contributed by atoms with van der Waals surface area (Å²) in [6.07, 6.45) is 0. The fourth-order valence-electron chi connectivity index (χ4n) is 1.97. The van der Waals surface area contributed by atoms with Gasteiger partial charge in [-0.25, -0.2) is 0 Å². The number of aryl methyl sites for hydroxylation is 2. The van der Waals surface area contributed by atoms with E-state index in [-0.39, 0.29) is 13.2 Å². The van der Waals surface area contributed by atoms with Crippen molar-refractivity contribution in [3.63, 3.8) is 0 Å². The minimum Gasteiger partial charge on any atom is -0.399 e. The maximum atomic E-state index is 7.57. The van der Waals surface area contributed by atoms with Gasteiger partial charge in [-0.1, -0.05) is 27.7 Å². The Morgan fingerprint density at radius 2 is 1.32 bits per heavy atom. The number of ether oxygens (including phenoxy) is 1. The molecule has 5 heteroatoms. The van der Waals surface area contributed by atoms with Crippen LogP contribution in [0.5, 0.6) is 0 Å². The number of hydrogen-bond donors (Lipinski definition) is 3. The molecule has 1 heterocycles. The molecule has 1 aliphatic rings. The number of nitrogen functional groups attached to an aromatic ring is 1. The van der Waals surface area contributed by atoms with Gasteiger partial charge < -0.3 is 25.6 Å². The number of anilines is 2. The molecule has 0 saturated carbocycles. The molecule has 0 atom stereocenters. The van der Waals surface area contributed by atoms with E-state index in [1.165, 1.54) is 11.3 Å². The average molecular weight is 359 g/mol. The van der Waals surface area contributed by atoms with Crippen LogP contribution in [0.1, 0.15) is 52.7 Å². The molecule has 1 aliphatic heterocycles. The first-order valence-electron chi connectivity index (χ1n) is 9.42. The van der Waals surface area contributed by atoms with Crippen molar-refractivity contribution in [3.8, 4) is 0 Å². The second kappa shape index (κ2) is 20.7. The van der Waals surface area contributed by atoms with Gasteiger partial charge in [0.2, 0.25) is 0 Å². The third-order valence-electron chi connectivity index (χ3n) is 2.94. The number of nitrogens with two attached hydrogens (primary N) is 1. The molecule has 1 fully saturated rings. The van der Waals surface area contributed by atoms with Crippen LogP contribution in [0, 0.1) is 13.8 Å². The molecule has 0 aromatic heterocycles. The minimum atomic E-state index is 0.250. The van der Waals surface area contributed by atoms with E-state index < -0.39 is 0 Å². The Hall–Kier alpha value is -1.30. The van der Waals surface area contributed by atoms with E-state index >= 15 is 0 Å². The van der Waals surface area contributed by atoms with Crippen molar-refractivity contribution >= 4 is 11.4 Å². The molecule has 4 N–H and O–H groups in total. The van der Waals surface area contributed by atoms with Crippen molar-refractivity contribution in [2.45, 2.75) is 55.4 Å². The van der Waals surface area contributed by atoms with Crippen LogP contribution in [-0.2, 0) is 4.74 Å². The van der Waals surface area contributed by atoms with E-state index in [2.05, 4.69) is 30.9 Å². The third-order valence-corrected chi connectivity index (χ3v) is 2.94. The summed E-state index contributed by atoms with van der Waals surface area (Å²) in [6.45, 7) is 19.6. The highest BCUT2D eigenvalue weighted by Gasteiger charge is 2.13. The van der Waals surface area contributed by atoms with Crippen LogP contribution in [0.4, 0.5) is 11.4 Å². The molecule has 0 bridgehead atoms. The van der Waals surface area contributed by atoms with E-state index in [1.54, 1.807) is 13.8 Å². The molecule has 0 radical (unpaired) electrons. The molecule has 150 valence electrons. The molecule has 5 nitrogen and oxygen atoms in total. The summed E-state index contributed by atoms with van der Waals surface area (Å²) in [5, 5.41) is 15.1. The van der Waals surface area contributed by atoms with Gasteiger partial charge in [-0.3, -0.25) is 0 Å². The highest BCUT2D eigenvalue weighted by molar-refractivity contribution is 5.63. The largest absolute Gasteiger partial charge is 0.399 e. The zero-order chi connectivity index (χ0) is 20.3. The van der Waals surface area contributed by atoms with Crippen LogP contribution >= 0.6 is 0 Å². The van der Waals surface area contributed by atoms with Gasteiger partial charge in [-0.05, 0) is 51.0 Å². The van der Waals surface area contributed by atoms with E-state index in [1.807, 2.05) is 27.7 Å². The lowest BCUT2D eigenvalue weighted by molar-refractivity contribution is 0.122. The van der Waals surface area contributed by atoms with Crippen LogP contribution in [0.3, 0.4) is 0 Å². The Morgan fingerprint density at radius 3 is 1.72 bits per heavy atom. The third kappa shape index (κ3) is 13.6. The van der Waals surface area contributed by atoms with Crippen LogP contribution < -0.4 is 10.6 Å². The summed E-state index contributed by atoms with van der Waals surface area (Å²) in [5.41, 5.74) is 10.5. The average Bonchev–Trinajstić information content (AvgIpc) is 2.64. The van der Waals surface area contributed by atoms with Crippen molar-refractivity contribution in [1.29, 1.82) is 0 Å². The van der Waals surface area contributed by atoms with Crippen LogP contribution in [0.25, 0.3) is 0 Å². The minimum absolute atomic E-state index is 0.250. The second-order valence-corrected chi connectivity index (χ2v) is 4.73. The van der Waals surface area contributed by atoms with Gasteiger partial charge in [-0.15, -0.1) is 0 Å². The quantitative estimate of drug-likeness (QED) is 0.666. The first kappa shape index (κ1) is 28.5. The number of hydrogen-bond acceptors (Lipinski definition) is 5. The Morgan fingerprint density at radius 1 is 0.920 bits per heavy atom. The number of aliphatic hydroxyl groups is 2. The molecular formula is C20H42N2O3. The van der Waals surface area contributed by atoms with E-state index in [0.717, 1.165) is 37.6 Å². The zero-order valence-corrected chi connectivity index (χ0v) is 17.7. The lowest BCUT2D eigenvalue weighted by atomic mass is 10.1. The number of rotatable bonds is 1. The molecular weight excluding hydrogens is 316 g/mol. The summed E-state index contributed by atoms with van der Waals surface area (Å²) in [4.78, 5) is 2.37. The lowest BCUT2D eigenvalue weighted by Crippen LogP contribution is -2.36. The van der Waals surface area contributed by atoms with Crippen LogP contribution in [0.2, 0.25) is 0 Å². The van der Waals surface area contributed by atoms with Gasteiger partial charge in [0.05, 0.1) is 13.2 Å². The molecule has 25 heavy (non-hydrogen) atoms. The molecule has 2 rings (SSSR count). The van der Waals surface area contributed by atoms with Crippen molar-refractivity contribution in [2.75, 3.05) is 50.2 Å². The normalized spacial score (nSPS) is 12.0. The Kier molecular flexibility index (Phi) is 23.6. The number of benzene rings is 1. The number of aliphatic hydroxyl groups excluding tert-OH is 2. The summed E-state index contributed by atoms with van der Waals surface area (Å²) >= 11 is 0. The monoisotopic (exact) mass is 358 g/mol. The van der Waals surface area contributed by atoms with Crippen molar-refractivity contribution < 1.29 is 14.9 Å². The van der Waals surface area contributed by atoms with Gasteiger partial charge in [0.25, 0.3) is 0 Å². The molecule has 1 aromatic carbocycles. The first-order valence-corrected chi connectivity index (χ1v) is 9.42. The lowest BCUT2D eigenvalue weighted by Gasteiger charge is -2.30. The standard InChI is InChI=1S/C12H18N2O.2C2H6O.2C2H6/c1-9-8-12(10(2)7-11(9)13)14-3-5-15-6-4-14;2*1-2-3;2*1-2/h7-8H,3-6,13H2,1-2H3;2*3H,2H2,1H3;2*1-2H3. The molecule has 0 aliphatic carbocycles. The SMILES string of the molecule is CC.CC.CCO.CCO.Cc1cc(N2CCOCC2)c(C)cc1N. The maximum absolute atomic E-state index is 7.57. The molecule has 1 aromatic rings. The van der Waals surface area contributed by atoms with Crippen molar-refractivity contribution in [2.24, 2.45) is 0 Å². The topological polar surface area (TPSA) is 79.0 Å². The smallest absolute Gasteiger partial charge is 0.0642 e. The first-order chi connectivity index (χ1) is 12.0. The predicted molar refractivity (Wildman–Crippen MR) is 112 cm³/mol. The van der Waals surface area contributed by atoms with Crippen LogP contribution in [0.15, 0.2) is 12.1 Å². The summed E-state index contributed by atoms with van der Waals surface area (Å²) in [6, 6.07) is 4.23. The fraction of sp³-hybridized carbons (Fsp3) is 0.700. The summed E-state index contributed by atoms with van der Waals surface area (Å²) in [5.74, 6) is 0. The fourth-order valence-corrected chi connectivity index (χ4v) is 1.97. The van der Waals surface area contributed by atoms with Crippen molar-refractivity contribution in [3.05, 3.63) is 23.3 Å².